The number of nitrogens with zero attached hydrogens (tertiary/aromatic N) is 1. The van der Waals surface area contributed by atoms with Crippen LogP contribution in [0.4, 0.5) is 0 Å². The summed E-state index contributed by atoms with van der Waals surface area (Å²) in [5.41, 5.74) is 0. The van der Waals surface area contributed by atoms with Gasteiger partial charge >= 0.3 is 5.97 Å². The normalized spacial score (nSPS) is 11.2. The number of carbonyl (C=O) groups is 1. The third kappa shape index (κ3) is 8.05. The van der Waals surface area contributed by atoms with E-state index in [-0.39, 0.29) is 6.42 Å². The average molecular weight is 201 g/mol. The molecule has 0 bridgehead atoms. The molecule has 3 nitrogen and oxygen atoms in total. The van der Waals surface area contributed by atoms with Gasteiger partial charge in [0.15, 0.2) is 0 Å². The van der Waals surface area contributed by atoms with Gasteiger partial charge in [0.2, 0.25) is 0 Å². The molecular formula is C11H23NO2. The van der Waals surface area contributed by atoms with Crippen LogP contribution in [-0.4, -0.2) is 35.6 Å². The first-order valence-corrected chi connectivity index (χ1v) is 5.50. The fourth-order valence-corrected chi connectivity index (χ4v) is 1.40. The first-order valence-electron chi connectivity index (χ1n) is 5.50. The van der Waals surface area contributed by atoms with E-state index in [4.69, 9.17) is 5.11 Å². The van der Waals surface area contributed by atoms with E-state index in [1.807, 2.05) is 0 Å². The number of rotatable bonds is 8. The largest absolute Gasteiger partial charge is 0.481 e. The summed E-state index contributed by atoms with van der Waals surface area (Å²) in [7, 11) is 0. The van der Waals surface area contributed by atoms with Crippen molar-refractivity contribution >= 4 is 5.97 Å². The van der Waals surface area contributed by atoms with Crippen LogP contribution in [0.1, 0.15) is 40.0 Å². The lowest BCUT2D eigenvalue weighted by Crippen LogP contribution is -2.27. The molecule has 0 aromatic carbocycles. The van der Waals surface area contributed by atoms with Crippen molar-refractivity contribution in [1.29, 1.82) is 0 Å². The zero-order valence-electron chi connectivity index (χ0n) is 9.62. The second kappa shape index (κ2) is 7.80. The smallest absolute Gasteiger partial charge is 0.304 e. The molecule has 0 spiro atoms. The van der Waals surface area contributed by atoms with E-state index in [0.717, 1.165) is 19.0 Å². The maximum atomic E-state index is 10.4. The van der Waals surface area contributed by atoms with Crippen LogP contribution >= 0.6 is 0 Å². The lowest BCUT2D eigenvalue weighted by molar-refractivity contribution is -0.137. The van der Waals surface area contributed by atoms with Crippen molar-refractivity contribution in [1.82, 2.24) is 4.90 Å². The molecular weight excluding hydrogens is 178 g/mol. The van der Waals surface area contributed by atoms with Gasteiger partial charge in [-0.05, 0) is 31.8 Å². The molecule has 1 N–H and O–H groups in total. The van der Waals surface area contributed by atoms with E-state index < -0.39 is 5.97 Å². The molecule has 0 aromatic rings. The van der Waals surface area contributed by atoms with E-state index in [1.54, 1.807) is 0 Å². The molecule has 0 rings (SSSR count). The summed E-state index contributed by atoms with van der Waals surface area (Å²) >= 11 is 0. The van der Waals surface area contributed by atoms with Gasteiger partial charge in [-0.2, -0.15) is 0 Å². The predicted octanol–water partition coefficient (Wildman–Crippen LogP) is 2.22. The Hall–Kier alpha value is -0.570. The Morgan fingerprint density at radius 3 is 2.43 bits per heavy atom. The Morgan fingerprint density at radius 1 is 1.36 bits per heavy atom. The van der Waals surface area contributed by atoms with Crippen LogP contribution in [0.15, 0.2) is 0 Å². The highest BCUT2D eigenvalue weighted by Crippen LogP contribution is 2.05. The molecule has 0 saturated carbocycles. The third-order valence-electron chi connectivity index (χ3n) is 2.34. The first-order chi connectivity index (χ1) is 6.56. The van der Waals surface area contributed by atoms with Crippen LogP contribution in [0.25, 0.3) is 0 Å². The second-order valence-electron chi connectivity index (χ2n) is 4.11. The van der Waals surface area contributed by atoms with E-state index in [1.165, 1.54) is 12.8 Å². The van der Waals surface area contributed by atoms with Gasteiger partial charge in [-0.1, -0.05) is 20.8 Å². The van der Waals surface area contributed by atoms with E-state index in [0.29, 0.717) is 6.54 Å². The van der Waals surface area contributed by atoms with E-state index in [9.17, 15) is 4.79 Å². The molecule has 0 atom stereocenters. The lowest BCUT2D eigenvalue weighted by Gasteiger charge is -2.19. The monoisotopic (exact) mass is 201 g/mol. The minimum absolute atomic E-state index is 0.259. The molecule has 0 heterocycles. The Balaban J connectivity index is 3.52. The Labute approximate surface area is 87.1 Å². The number of carboxylic acids is 1. The topological polar surface area (TPSA) is 40.5 Å². The van der Waals surface area contributed by atoms with Crippen molar-refractivity contribution in [3.05, 3.63) is 0 Å². The summed E-state index contributed by atoms with van der Waals surface area (Å²) in [5, 5.41) is 8.54. The Bertz CT molecular complexity index is 157. The SMILES string of the molecule is CCN(CCCC(C)C)CCC(=O)O. The fraction of sp³-hybridized carbons (Fsp3) is 0.909. The number of aliphatic carboxylic acids is 1. The van der Waals surface area contributed by atoms with Gasteiger partial charge < -0.3 is 10.0 Å². The van der Waals surface area contributed by atoms with Crippen molar-refractivity contribution in [3.8, 4) is 0 Å². The van der Waals surface area contributed by atoms with Crippen LogP contribution in [0.3, 0.4) is 0 Å². The summed E-state index contributed by atoms with van der Waals surface area (Å²) in [6.07, 6.45) is 2.66. The lowest BCUT2D eigenvalue weighted by atomic mass is 10.1. The summed E-state index contributed by atoms with van der Waals surface area (Å²) < 4.78 is 0. The predicted molar refractivity (Wildman–Crippen MR) is 58.4 cm³/mol. The minimum Gasteiger partial charge on any atom is -0.481 e. The van der Waals surface area contributed by atoms with Gasteiger partial charge in [0, 0.05) is 6.54 Å². The maximum Gasteiger partial charge on any atom is 0.304 e. The molecule has 0 aliphatic carbocycles. The Kier molecular flexibility index (Phi) is 7.48. The summed E-state index contributed by atoms with van der Waals surface area (Å²) in [5.74, 6) is 0.0421. The highest BCUT2D eigenvalue weighted by molar-refractivity contribution is 5.66. The summed E-state index contributed by atoms with van der Waals surface area (Å²) in [6.45, 7) is 9.18. The van der Waals surface area contributed by atoms with Gasteiger partial charge in [-0.25, -0.2) is 0 Å². The minimum atomic E-state index is -0.702. The van der Waals surface area contributed by atoms with Crippen molar-refractivity contribution in [2.75, 3.05) is 19.6 Å². The molecule has 0 aliphatic rings. The average Bonchev–Trinajstić information content (AvgIpc) is 2.10. The fourth-order valence-electron chi connectivity index (χ4n) is 1.40. The van der Waals surface area contributed by atoms with Crippen molar-refractivity contribution in [2.45, 2.75) is 40.0 Å². The van der Waals surface area contributed by atoms with E-state index in [2.05, 4.69) is 25.7 Å². The quantitative estimate of drug-likeness (QED) is 0.654. The van der Waals surface area contributed by atoms with Crippen molar-refractivity contribution in [2.24, 2.45) is 5.92 Å². The Morgan fingerprint density at radius 2 is 2.00 bits per heavy atom. The zero-order valence-corrected chi connectivity index (χ0v) is 9.62. The standard InChI is InChI=1S/C11H23NO2/c1-4-12(9-7-11(13)14)8-5-6-10(2)3/h10H,4-9H2,1-3H3,(H,13,14). The second-order valence-corrected chi connectivity index (χ2v) is 4.11. The molecule has 84 valence electrons. The number of hydrogen-bond acceptors (Lipinski definition) is 2. The molecule has 0 aliphatic heterocycles. The van der Waals surface area contributed by atoms with Crippen LogP contribution in [0.2, 0.25) is 0 Å². The van der Waals surface area contributed by atoms with Gasteiger partial charge in [0.25, 0.3) is 0 Å². The molecule has 0 unspecified atom stereocenters. The molecule has 14 heavy (non-hydrogen) atoms. The van der Waals surface area contributed by atoms with Crippen LogP contribution in [0.5, 0.6) is 0 Å². The van der Waals surface area contributed by atoms with Crippen LogP contribution in [0, 0.1) is 5.92 Å². The van der Waals surface area contributed by atoms with Crippen LogP contribution in [-0.2, 0) is 4.79 Å². The molecule has 0 saturated heterocycles. The molecule has 0 amide bonds. The maximum absolute atomic E-state index is 10.4. The van der Waals surface area contributed by atoms with Gasteiger partial charge in [-0.3, -0.25) is 4.79 Å². The summed E-state index contributed by atoms with van der Waals surface area (Å²) in [4.78, 5) is 12.6. The molecule has 0 fully saturated rings. The van der Waals surface area contributed by atoms with Gasteiger partial charge in [-0.15, -0.1) is 0 Å². The highest BCUT2D eigenvalue weighted by Gasteiger charge is 2.05. The third-order valence-corrected chi connectivity index (χ3v) is 2.34. The van der Waals surface area contributed by atoms with Crippen LogP contribution < -0.4 is 0 Å². The number of carboxylic acid groups (broad SMARTS) is 1. The van der Waals surface area contributed by atoms with Crippen molar-refractivity contribution < 1.29 is 9.90 Å². The van der Waals surface area contributed by atoms with E-state index >= 15 is 0 Å². The highest BCUT2D eigenvalue weighted by atomic mass is 16.4. The zero-order chi connectivity index (χ0) is 11.0. The first kappa shape index (κ1) is 13.4. The number of hydrogen-bond donors (Lipinski definition) is 1. The summed E-state index contributed by atoms with van der Waals surface area (Å²) in [6, 6.07) is 0. The van der Waals surface area contributed by atoms with Gasteiger partial charge in [0.05, 0.1) is 6.42 Å². The van der Waals surface area contributed by atoms with Gasteiger partial charge in [0.1, 0.15) is 0 Å². The molecule has 0 radical (unpaired) electrons. The van der Waals surface area contributed by atoms with Crippen molar-refractivity contribution in [3.63, 3.8) is 0 Å². The molecule has 0 aromatic heterocycles. The molecule has 3 heteroatoms.